The molecule has 0 aliphatic carbocycles. The van der Waals surface area contributed by atoms with Crippen molar-refractivity contribution in [1.29, 1.82) is 0 Å². The average Bonchev–Trinajstić information content (AvgIpc) is 3.06. The lowest BCUT2D eigenvalue weighted by Crippen LogP contribution is -2.40. The third-order valence-corrected chi connectivity index (χ3v) is 4.47. The average molecular weight is 315 g/mol. The molecule has 6 heteroatoms. The van der Waals surface area contributed by atoms with Gasteiger partial charge < -0.3 is 9.64 Å². The van der Waals surface area contributed by atoms with Crippen molar-refractivity contribution in [2.45, 2.75) is 31.7 Å². The van der Waals surface area contributed by atoms with Crippen LogP contribution in [0.4, 0.5) is 0 Å². The summed E-state index contributed by atoms with van der Waals surface area (Å²) in [5, 5.41) is 5.43. The lowest BCUT2D eigenvalue weighted by molar-refractivity contribution is -0.130. The first kappa shape index (κ1) is 15.5. The molecule has 0 saturated carbocycles. The molecule has 0 radical (unpaired) electrons. The molecule has 1 saturated heterocycles. The van der Waals surface area contributed by atoms with Gasteiger partial charge in [-0.05, 0) is 30.5 Å². The molecule has 0 spiro atoms. The topological polar surface area (TPSA) is 62.2 Å². The zero-order valence-corrected chi connectivity index (χ0v) is 13.5. The summed E-state index contributed by atoms with van der Waals surface area (Å²) in [5.41, 5.74) is 1.59. The van der Waals surface area contributed by atoms with Gasteiger partial charge in [-0.3, -0.25) is 9.59 Å². The number of ether oxygens (including phenoxy) is 1. The lowest BCUT2D eigenvalue weighted by atomic mass is 10.0. The number of rotatable bonds is 3. The molecule has 2 amide bonds. The molecule has 2 aliphatic heterocycles. The number of likely N-dealkylation sites (tertiary alicyclic amines) is 1. The predicted octanol–water partition coefficient (Wildman–Crippen LogP) is 1.97. The maximum atomic E-state index is 12.8. The van der Waals surface area contributed by atoms with E-state index in [-0.39, 0.29) is 17.9 Å². The van der Waals surface area contributed by atoms with Gasteiger partial charge in [0.2, 0.25) is 5.91 Å². The molecule has 23 heavy (non-hydrogen) atoms. The maximum Gasteiger partial charge on any atom is 0.270 e. The minimum Gasteiger partial charge on any atom is -0.497 e. The number of methoxy groups -OCH3 is 1. The highest BCUT2D eigenvalue weighted by Gasteiger charge is 2.34. The summed E-state index contributed by atoms with van der Waals surface area (Å²) in [4.78, 5) is 26.2. The summed E-state index contributed by atoms with van der Waals surface area (Å²) >= 11 is 0. The number of carbonyl (C=O) groups is 2. The molecule has 1 aromatic rings. The van der Waals surface area contributed by atoms with E-state index in [1.807, 2.05) is 29.2 Å². The number of hydrogen-bond donors (Lipinski definition) is 0. The van der Waals surface area contributed by atoms with Crippen molar-refractivity contribution in [3.8, 4) is 5.75 Å². The van der Waals surface area contributed by atoms with Crippen molar-refractivity contribution < 1.29 is 14.3 Å². The van der Waals surface area contributed by atoms with Gasteiger partial charge in [0.1, 0.15) is 11.5 Å². The Kier molecular flexibility index (Phi) is 4.32. The van der Waals surface area contributed by atoms with Crippen molar-refractivity contribution >= 4 is 17.5 Å². The van der Waals surface area contributed by atoms with Crippen molar-refractivity contribution in [3.63, 3.8) is 0 Å². The molecular formula is C17H21N3O3. The van der Waals surface area contributed by atoms with Crippen LogP contribution in [0, 0.1) is 0 Å². The second-order valence-corrected chi connectivity index (χ2v) is 5.89. The van der Waals surface area contributed by atoms with E-state index in [1.165, 1.54) is 5.01 Å². The van der Waals surface area contributed by atoms with Crippen molar-refractivity contribution in [1.82, 2.24) is 9.91 Å². The summed E-state index contributed by atoms with van der Waals surface area (Å²) < 4.78 is 5.19. The van der Waals surface area contributed by atoms with Crippen LogP contribution in [0.25, 0.3) is 0 Å². The van der Waals surface area contributed by atoms with E-state index in [9.17, 15) is 9.59 Å². The fourth-order valence-electron chi connectivity index (χ4n) is 3.17. The van der Waals surface area contributed by atoms with Gasteiger partial charge in [-0.2, -0.15) is 5.10 Å². The molecule has 6 nitrogen and oxygen atoms in total. The molecule has 1 aromatic carbocycles. The largest absolute Gasteiger partial charge is 0.497 e. The summed E-state index contributed by atoms with van der Waals surface area (Å²) in [5.74, 6) is 0.707. The Bertz CT molecular complexity index is 639. The van der Waals surface area contributed by atoms with Crippen molar-refractivity contribution in [3.05, 3.63) is 29.8 Å². The lowest BCUT2D eigenvalue weighted by Gasteiger charge is -2.27. The number of hydrogen-bond acceptors (Lipinski definition) is 4. The van der Waals surface area contributed by atoms with E-state index in [0.29, 0.717) is 18.6 Å². The van der Waals surface area contributed by atoms with Crippen LogP contribution in [0.1, 0.15) is 37.3 Å². The summed E-state index contributed by atoms with van der Waals surface area (Å²) in [7, 11) is 3.24. The van der Waals surface area contributed by atoms with Crippen LogP contribution in [-0.4, -0.2) is 48.1 Å². The summed E-state index contributed by atoms with van der Waals surface area (Å²) in [6.07, 6.45) is 2.69. The Labute approximate surface area is 135 Å². The van der Waals surface area contributed by atoms with E-state index in [4.69, 9.17) is 4.74 Å². The zero-order chi connectivity index (χ0) is 16.4. The first-order valence-corrected chi connectivity index (χ1v) is 7.89. The second-order valence-electron chi connectivity index (χ2n) is 5.89. The van der Waals surface area contributed by atoms with Gasteiger partial charge in [-0.1, -0.05) is 12.1 Å². The minimum atomic E-state index is -0.0531. The number of carbonyl (C=O) groups excluding carboxylic acids is 2. The van der Waals surface area contributed by atoms with Crippen LogP contribution >= 0.6 is 0 Å². The Balaban J connectivity index is 1.79. The van der Waals surface area contributed by atoms with Gasteiger partial charge in [0.15, 0.2) is 0 Å². The molecule has 2 aliphatic rings. The van der Waals surface area contributed by atoms with Crippen molar-refractivity contribution in [2.24, 2.45) is 5.10 Å². The highest BCUT2D eigenvalue weighted by atomic mass is 16.5. The van der Waals surface area contributed by atoms with E-state index in [1.54, 1.807) is 14.2 Å². The third-order valence-electron chi connectivity index (χ3n) is 4.47. The monoisotopic (exact) mass is 315 g/mol. The van der Waals surface area contributed by atoms with Crippen LogP contribution in [0.2, 0.25) is 0 Å². The van der Waals surface area contributed by atoms with Crippen LogP contribution < -0.4 is 4.74 Å². The highest BCUT2D eigenvalue weighted by Crippen LogP contribution is 2.33. The predicted molar refractivity (Wildman–Crippen MR) is 86.1 cm³/mol. The molecule has 0 aromatic heterocycles. The number of amides is 2. The Morgan fingerprint density at radius 2 is 2.00 bits per heavy atom. The van der Waals surface area contributed by atoms with Gasteiger partial charge in [0, 0.05) is 26.4 Å². The molecule has 2 heterocycles. The van der Waals surface area contributed by atoms with E-state index < -0.39 is 0 Å². The molecule has 3 rings (SSSR count). The molecule has 0 unspecified atom stereocenters. The Hall–Kier alpha value is -2.37. The van der Waals surface area contributed by atoms with Gasteiger partial charge in [0.05, 0.1) is 13.2 Å². The normalized spacial score (nSPS) is 21.4. The number of hydrazone groups is 1. The fraction of sp³-hybridized carbons (Fsp3) is 0.471. The standard InChI is InChI=1S/C17H21N3O3/c1-19-16(21)10-9-14(18-19)17(22)20-11-3-4-15(20)12-5-7-13(23-2)8-6-12/h5-8,15H,3-4,9-11H2,1-2H3/t15-/m0/s1. The van der Waals surface area contributed by atoms with Gasteiger partial charge in [-0.25, -0.2) is 5.01 Å². The minimum absolute atomic E-state index is 0.0466. The summed E-state index contributed by atoms with van der Waals surface area (Å²) in [6, 6.07) is 7.92. The van der Waals surface area contributed by atoms with E-state index in [0.717, 1.165) is 30.7 Å². The third kappa shape index (κ3) is 3.06. The van der Waals surface area contributed by atoms with E-state index in [2.05, 4.69) is 5.10 Å². The van der Waals surface area contributed by atoms with Crippen LogP contribution in [0.5, 0.6) is 5.75 Å². The second kappa shape index (κ2) is 6.40. The molecule has 1 fully saturated rings. The number of nitrogens with zero attached hydrogens (tertiary/aromatic N) is 3. The highest BCUT2D eigenvalue weighted by molar-refractivity contribution is 6.39. The van der Waals surface area contributed by atoms with Crippen LogP contribution in [-0.2, 0) is 9.59 Å². The Morgan fingerprint density at radius 1 is 1.26 bits per heavy atom. The quantitative estimate of drug-likeness (QED) is 0.856. The molecule has 0 N–H and O–H groups in total. The first-order valence-electron chi connectivity index (χ1n) is 7.89. The maximum absolute atomic E-state index is 12.8. The van der Waals surface area contributed by atoms with Crippen LogP contribution in [0.15, 0.2) is 29.4 Å². The van der Waals surface area contributed by atoms with Gasteiger partial charge >= 0.3 is 0 Å². The van der Waals surface area contributed by atoms with Gasteiger partial charge in [-0.15, -0.1) is 0 Å². The fourth-order valence-corrected chi connectivity index (χ4v) is 3.17. The van der Waals surface area contributed by atoms with Crippen molar-refractivity contribution in [2.75, 3.05) is 20.7 Å². The zero-order valence-electron chi connectivity index (χ0n) is 13.5. The van der Waals surface area contributed by atoms with Gasteiger partial charge in [0.25, 0.3) is 5.91 Å². The molecule has 1 atom stereocenters. The SMILES string of the molecule is COc1ccc([C@@H]2CCCN2C(=O)C2=NN(C)C(=O)CC2)cc1. The Morgan fingerprint density at radius 3 is 2.65 bits per heavy atom. The molecular weight excluding hydrogens is 294 g/mol. The smallest absolute Gasteiger partial charge is 0.270 e. The number of benzene rings is 1. The first-order chi connectivity index (χ1) is 11.1. The molecule has 0 bridgehead atoms. The molecule has 122 valence electrons. The van der Waals surface area contributed by atoms with Crippen LogP contribution in [0.3, 0.4) is 0 Å². The van der Waals surface area contributed by atoms with E-state index >= 15 is 0 Å². The summed E-state index contributed by atoms with van der Waals surface area (Å²) in [6.45, 7) is 0.728.